The molecule has 3 saturated carbocycles. The summed E-state index contributed by atoms with van der Waals surface area (Å²) in [5.41, 5.74) is 6.40. The van der Waals surface area contributed by atoms with Gasteiger partial charge in [-0.2, -0.15) is 38.5 Å². The number of nitrogens with zero attached hydrogens (tertiary/aromatic N) is 9. The van der Waals surface area contributed by atoms with Gasteiger partial charge in [-0.1, -0.05) is 24.3 Å². The zero-order chi connectivity index (χ0) is 51.5. The fourth-order valence-corrected chi connectivity index (χ4v) is 16.6. The third-order valence-corrected chi connectivity index (χ3v) is 19.8. The first kappa shape index (κ1) is 47.6. The molecule has 6 fully saturated rings. The van der Waals surface area contributed by atoms with Gasteiger partial charge in [-0.05, 0) is 142 Å². The van der Waals surface area contributed by atoms with Gasteiger partial charge < -0.3 is 23.1 Å². The van der Waals surface area contributed by atoms with Crippen molar-refractivity contribution in [3.05, 3.63) is 71.8 Å². The van der Waals surface area contributed by atoms with Gasteiger partial charge in [-0.15, -0.1) is 0 Å². The van der Waals surface area contributed by atoms with Crippen molar-refractivity contribution in [3.63, 3.8) is 0 Å². The number of oxazole rings is 3. The molecule has 9 heterocycles. The van der Waals surface area contributed by atoms with Crippen LogP contribution >= 0.6 is 23.5 Å². The number of fused-ring (bicyclic) bond motifs is 9. The van der Waals surface area contributed by atoms with Gasteiger partial charge in [0.1, 0.15) is 22.1 Å². The van der Waals surface area contributed by atoms with Gasteiger partial charge in [0.15, 0.2) is 28.3 Å². The molecule has 3 aromatic carbocycles. The number of thioether (sulfide) groups is 2. The summed E-state index contributed by atoms with van der Waals surface area (Å²) in [7, 11) is 0. The molecular formula is C56H56N12O7S2. The van der Waals surface area contributed by atoms with Crippen LogP contribution in [0.2, 0.25) is 0 Å². The number of aromatic nitrogens is 3. The number of hydrogen-bond donors (Lipinski definition) is 4. The molecule has 6 aliphatic heterocycles. The number of para-hydroxylation sites is 2. The van der Waals surface area contributed by atoms with E-state index in [1.165, 1.54) is 0 Å². The molecule has 394 valence electrons. The SMILES string of the molecule is O=C1C(c2ccc3oc(NC4=NC5(CCSC5)C5C(=N4)CCCC5O)nc3c2)CCC2=NC(Nc3nc4cc(C5CCC6=NC(Nc7nc8ccccc8o7)=NC7(CCCOC7)C6C5=O)ccc4o3)=NC3(CCSCC3)C12. The molecule has 9 aliphatic rings. The van der Waals surface area contributed by atoms with Crippen LogP contribution in [0.25, 0.3) is 33.3 Å². The van der Waals surface area contributed by atoms with Crippen molar-refractivity contribution in [2.24, 2.45) is 47.7 Å². The molecule has 3 aliphatic carbocycles. The Morgan fingerprint density at radius 1 is 0.558 bits per heavy atom. The van der Waals surface area contributed by atoms with E-state index in [9.17, 15) is 14.7 Å². The lowest BCUT2D eigenvalue weighted by atomic mass is 9.65. The monoisotopic (exact) mass is 1070 g/mol. The second kappa shape index (κ2) is 18.5. The topological polar surface area (TPSA) is 252 Å². The molecule has 0 amide bonds. The van der Waals surface area contributed by atoms with Gasteiger partial charge in [0.05, 0.1) is 35.6 Å². The number of carbonyl (C=O) groups is 2. The smallest absolute Gasteiger partial charge is 0.302 e. The second-order valence-electron chi connectivity index (χ2n) is 22.1. The standard InChI is InChI=1S/C56H56N12O7S2/c69-39-7-3-6-34-43(39)56(20-24-77-28-56)68-50(57-34)65-53-62-37-25-29(9-15-42(37)75-53)31-11-13-35-44(46(31)70)54(18-22-76-23-19-54)66-48(58-35)63-52-61-38-26-30(10-16-41(38)74-52)32-12-14-36-45(47(32)71)55(17-4-21-72-27-55)67-49(59-36)64-51-60-33-5-1-2-8-40(33)73-51/h1-2,5,8-10,15-16,25-26,31-32,39,43-45,69H,3-4,6-7,11-14,17-24,27-28H2,(H,60,64,67)(H,61,63,66)(H,62,65,68). The van der Waals surface area contributed by atoms with E-state index in [1.807, 2.05) is 84.2 Å². The highest BCUT2D eigenvalue weighted by atomic mass is 32.2. The van der Waals surface area contributed by atoms with Crippen LogP contribution in [-0.4, -0.2) is 126 Å². The first-order valence-electron chi connectivity index (χ1n) is 27.2. The van der Waals surface area contributed by atoms with E-state index < -0.39 is 34.9 Å². The summed E-state index contributed by atoms with van der Waals surface area (Å²) >= 11 is 3.76. The maximum Gasteiger partial charge on any atom is 0.302 e. The molecule has 8 atom stereocenters. The number of nitrogens with one attached hydrogen (secondary N) is 3. The molecule has 3 spiro atoms. The summed E-state index contributed by atoms with van der Waals surface area (Å²) in [5, 5.41) is 20.8. The quantitative estimate of drug-likeness (QED) is 0.126. The number of rotatable bonds is 5. The molecule has 77 heavy (non-hydrogen) atoms. The fourth-order valence-electron chi connectivity index (χ4n) is 14.0. The lowest BCUT2D eigenvalue weighted by molar-refractivity contribution is -0.127. The minimum atomic E-state index is -0.796. The Balaban J connectivity index is 0.653. The Labute approximate surface area is 450 Å². The zero-order valence-electron chi connectivity index (χ0n) is 42.2. The van der Waals surface area contributed by atoms with Crippen LogP contribution in [0.4, 0.5) is 18.0 Å². The molecule has 4 N–H and O–H groups in total. The largest absolute Gasteiger partial charge is 0.423 e. The van der Waals surface area contributed by atoms with Crippen LogP contribution < -0.4 is 16.0 Å². The maximum absolute atomic E-state index is 15.0. The normalized spacial score (nSPS) is 30.8. The number of carbonyl (C=O) groups excluding carboxylic acids is 2. The third-order valence-electron chi connectivity index (χ3n) is 17.6. The van der Waals surface area contributed by atoms with E-state index in [2.05, 4.69) is 20.9 Å². The number of hydrogen-bond acceptors (Lipinski definition) is 21. The second-order valence-corrected chi connectivity index (χ2v) is 24.5. The number of ether oxygens (including phenoxy) is 1. The first-order chi connectivity index (χ1) is 37.7. The van der Waals surface area contributed by atoms with E-state index in [1.54, 1.807) is 0 Å². The van der Waals surface area contributed by atoms with Crippen LogP contribution in [0.1, 0.15) is 100 Å². The van der Waals surface area contributed by atoms with Crippen LogP contribution in [-0.2, 0) is 14.3 Å². The lowest BCUT2D eigenvalue weighted by Crippen LogP contribution is -2.56. The van der Waals surface area contributed by atoms with Gasteiger partial charge in [0, 0.05) is 47.2 Å². The van der Waals surface area contributed by atoms with Gasteiger partial charge >= 0.3 is 18.0 Å². The van der Waals surface area contributed by atoms with Gasteiger partial charge in [0.25, 0.3) is 0 Å². The van der Waals surface area contributed by atoms with Crippen LogP contribution in [0.3, 0.4) is 0 Å². The predicted octanol–water partition coefficient (Wildman–Crippen LogP) is 9.16. The molecule has 0 radical (unpaired) electrons. The highest BCUT2D eigenvalue weighted by Crippen LogP contribution is 2.49. The number of benzene rings is 3. The number of anilines is 3. The van der Waals surface area contributed by atoms with Crippen molar-refractivity contribution in [2.75, 3.05) is 52.2 Å². The van der Waals surface area contributed by atoms with E-state index in [0.29, 0.717) is 103 Å². The van der Waals surface area contributed by atoms with Crippen molar-refractivity contribution in [1.29, 1.82) is 0 Å². The summed E-state index contributed by atoms with van der Waals surface area (Å²) in [5.74, 6) is 3.30. The molecule has 15 rings (SSSR count). The van der Waals surface area contributed by atoms with Crippen molar-refractivity contribution < 1.29 is 32.7 Å². The Bertz CT molecular complexity index is 3580. The molecule has 8 unspecified atom stereocenters. The Hall–Kier alpha value is -6.55. The first-order valence-corrected chi connectivity index (χ1v) is 29.5. The summed E-state index contributed by atoms with van der Waals surface area (Å²) < 4.78 is 24.5. The average molecular weight is 1070 g/mol. The number of ketones is 2. The average Bonchev–Trinajstić information content (AvgIpc) is 4.27. The summed E-state index contributed by atoms with van der Waals surface area (Å²) in [6, 6.07) is 20.1. The number of Topliss-reactive ketones (excluding diaryl/α,β-unsaturated/α-hetero) is 2. The molecular weight excluding hydrogens is 1020 g/mol. The molecule has 3 saturated heterocycles. The number of aliphatic hydroxyl groups excluding tert-OH is 1. The summed E-state index contributed by atoms with van der Waals surface area (Å²) in [6.07, 6.45) is 8.39. The van der Waals surface area contributed by atoms with Gasteiger partial charge in [-0.25, -0.2) is 30.0 Å². The fraction of sp³-hybridized carbons (Fsp3) is 0.482. The summed E-state index contributed by atoms with van der Waals surface area (Å²) in [6.45, 7) is 0.934. The number of aliphatic hydroxyl groups is 1. The predicted molar refractivity (Wildman–Crippen MR) is 299 cm³/mol. The zero-order valence-corrected chi connectivity index (χ0v) is 43.8. The minimum absolute atomic E-state index is 0.0464. The third kappa shape index (κ3) is 8.19. The van der Waals surface area contributed by atoms with Crippen molar-refractivity contribution in [2.45, 2.75) is 112 Å². The molecule has 21 heteroatoms. The van der Waals surface area contributed by atoms with E-state index >= 15 is 0 Å². The van der Waals surface area contributed by atoms with Gasteiger partial charge in [0.2, 0.25) is 17.9 Å². The molecule has 3 aromatic heterocycles. The van der Waals surface area contributed by atoms with Crippen molar-refractivity contribution in [1.82, 2.24) is 15.0 Å². The Morgan fingerprint density at radius 2 is 1.10 bits per heavy atom. The van der Waals surface area contributed by atoms with Gasteiger partial charge in [-0.3, -0.25) is 25.5 Å². The number of guanidine groups is 3. The molecule has 6 aromatic rings. The van der Waals surface area contributed by atoms with Crippen molar-refractivity contribution >= 4 is 121 Å². The van der Waals surface area contributed by atoms with Crippen LogP contribution in [0.15, 0.2) is 104 Å². The van der Waals surface area contributed by atoms with E-state index in [4.69, 9.17) is 57.9 Å². The Morgan fingerprint density at radius 3 is 1.70 bits per heavy atom. The highest BCUT2D eigenvalue weighted by Gasteiger charge is 2.55. The molecule has 0 bridgehead atoms. The minimum Gasteiger partial charge on any atom is -0.423 e. The van der Waals surface area contributed by atoms with E-state index in [0.717, 1.165) is 102 Å². The van der Waals surface area contributed by atoms with Crippen LogP contribution in [0, 0.1) is 17.8 Å². The summed E-state index contributed by atoms with van der Waals surface area (Å²) in [4.78, 5) is 74.5. The lowest BCUT2D eigenvalue weighted by Gasteiger charge is -2.45. The maximum atomic E-state index is 15.0. The van der Waals surface area contributed by atoms with Crippen molar-refractivity contribution in [3.8, 4) is 0 Å². The van der Waals surface area contributed by atoms with Crippen LogP contribution in [0.5, 0.6) is 0 Å². The number of aliphatic imine (C=N–C) groups is 6. The highest BCUT2D eigenvalue weighted by molar-refractivity contribution is 7.99. The molecule has 19 nitrogen and oxygen atoms in total. The van der Waals surface area contributed by atoms with E-state index in [-0.39, 0.29) is 35.0 Å². The Kier molecular flexibility index (Phi) is 11.5.